The van der Waals surface area contributed by atoms with Gasteiger partial charge >= 0.3 is 0 Å². The van der Waals surface area contributed by atoms with Crippen LogP contribution in [0, 0.1) is 5.82 Å². The summed E-state index contributed by atoms with van der Waals surface area (Å²) in [5, 5.41) is 0.656. The Kier molecular flexibility index (Phi) is 4.31. The summed E-state index contributed by atoms with van der Waals surface area (Å²) in [6, 6.07) is 21.3. The number of carbonyl (C=O) groups excluding carboxylic acids is 1. The van der Waals surface area contributed by atoms with Gasteiger partial charge in [0.05, 0.1) is 12.2 Å². The molecule has 0 fully saturated rings. The molecule has 3 aromatic rings. The van der Waals surface area contributed by atoms with Gasteiger partial charge in [-0.25, -0.2) is 4.39 Å². The molecule has 0 saturated heterocycles. The van der Waals surface area contributed by atoms with Gasteiger partial charge in [0.25, 0.3) is 5.91 Å². The SMILES string of the molecule is O=C1/C(=C/c2ccc(Cl)cc2)c2ccccc2N1Cc1ccc(F)cc1. The zero-order valence-electron chi connectivity index (χ0n) is 13.8. The van der Waals surface area contributed by atoms with Gasteiger partial charge in [-0.2, -0.15) is 0 Å². The van der Waals surface area contributed by atoms with E-state index in [1.807, 2.05) is 42.5 Å². The summed E-state index contributed by atoms with van der Waals surface area (Å²) in [4.78, 5) is 14.8. The van der Waals surface area contributed by atoms with Crippen LogP contribution in [0.1, 0.15) is 16.7 Å². The smallest absolute Gasteiger partial charge is 0.259 e. The van der Waals surface area contributed by atoms with Crippen molar-refractivity contribution in [2.24, 2.45) is 0 Å². The molecule has 0 bridgehead atoms. The second-order valence-electron chi connectivity index (χ2n) is 6.14. The molecule has 0 radical (unpaired) electrons. The van der Waals surface area contributed by atoms with Gasteiger partial charge in [-0.05, 0) is 47.5 Å². The number of carbonyl (C=O) groups is 1. The van der Waals surface area contributed by atoms with Gasteiger partial charge in [0, 0.05) is 16.2 Å². The lowest BCUT2D eigenvalue weighted by atomic mass is 10.0. The van der Waals surface area contributed by atoms with Crippen molar-refractivity contribution in [1.29, 1.82) is 0 Å². The minimum absolute atomic E-state index is 0.0644. The van der Waals surface area contributed by atoms with Crippen LogP contribution >= 0.6 is 11.6 Å². The lowest BCUT2D eigenvalue weighted by Gasteiger charge is -2.17. The van der Waals surface area contributed by atoms with Crippen molar-refractivity contribution in [3.63, 3.8) is 0 Å². The molecular weight excluding hydrogens is 349 g/mol. The Hall–Kier alpha value is -2.91. The number of fused-ring (bicyclic) bond motifs is 1. The van der Waals surface area contributed by atoms with E-state index in [1.54, 1.807) is 29.2 Å². The van der Waals surface area contributed by atoms with Gasteiger partial charge in [0.1, 0.15) is 5.82 Å². The second-order valence-corrected chi connectivity index (χ2v) is 6.58. The van der Waals surface area contributed by atoms with Crippen molar-refractivity contribution in [1.82, 2.24) is 0 Å². The average molecular weight is 364 g/mol. The maximum absolute atomic E-state index is 13.1. The first-order chi connectivity index (χ1) is 12.6. The zero-order valence-corrected chi connectivity index (χ0v) is 14.6. The Morgan fingerprint density at radius 2 is 1.62 bits per heavy atom. The van der Waals surface area contributed by atoms with E-state index >= 15 is 0 Å². The average Bonchev–Trinajstić information content (AvgIpc) is 2.91. The third-order valence-electron chi connectivity index (χ3n) is 4.40. The third-order valence-corrected chi connectivity index (χ3v) is 4.65. The van der Waals surface area contributed by atoms with Gasteiger partial charge < -0.3 is 4.90 Å². The van der Waals surface area contributed by atoms with Crippen LogP contribution in [0.4, 0.5) is 10.1 Å². The maximum Gasteiger partial charge on any atom is 0.259 e. The summed E-state index contributed by atoms with van der Waals surface area (Å²) in [6.07, 6.45) is 1.88. The summed E-state index contributed by atoms with van der Waals surface area (Å²) >= 11 is 5.94. The standard InChI is InChI=1S/C22H15ClFNO/c23-17-9-5-15(6-10-17)13-20-19-3-1-2-4-21(19)25(22(20)26)14-16-7-11-18(24)12-8-16/h1-13H,14H2/b20-13+. The Morgan fingerprint density at radius 3 is 2.35 bits per heavy atom. The largest absolute Gasteiger partial charge is 0.303 e. The van der Waals surface area contributed by atoms with Crippen LogP contribution in [0.2, 0.25) is 5.02 Å². The van der Waals surface area contributed by atoms with Crippen molar-refractivity contribution in [3.8, 4) is 0 Å². The third kappa shape index (κ3) is 3.14. The van der Waals surface area contributed by atoms with E-state index in [-0.39, 0.29) is 11.7 Å². The fourth-order valence-electron chi connectivity index (χ4n) is 3.10. The number of hydrogen-bond donors (Lipinski definition) is 0. The molecule has 1 amide bonds. The Morgan fingerprint density at radius 1 is 0.923 bits per heavy atom. The van der Waals surface area contributed by atoms with Gasteiger partial charge in [-0.1, -0.05) is 54.1 Å². The molecule has 0 spiro atoms. The number of halogens is 2. The summed E-state index contributed by atoms with van der Waals surface area (Å²) in [7, 11) is 0. The van der Waals surface area contributed by atoms with Crippen LogP contribution in [-0.2, 0) is 11.3 Å². The van der Waals surface area contributed by atoms with Gasteiger partial charge in [0.2, 0.25) is 0 Å². The summed E-state index contributed by atoms with van der Waals surface area (Å²) in [5.41, 5.74) is 4.19. The summed E-state index contributed by atoms with van der Waals surface area (Å²) in [6.45, 7) is 0.397. The molecule has 26 heavy (non-hydrogen) atoms. The van der Waals surface area contributed by atoms with Crippen LogP contribution in [-0.4, -0.2) is 5.91 Å². The molecule has 4 heteroatoms. The van der Waals surface area contributed by atoms with E-state index in [4.69, 9.17) is 11.6 Å². The van der Waals surface area contributed by atoms with Crippen LogP contribution in [0.3, 0.4) is 0 Å². The minimum Gasteiger partial charge on any atom is -0.303 e. The number of para-hydroxylation sites is 1. The molecule has 0 unspecified atom stereocenters. The number of nitrogens with zero attached hydrogens (tertiary/aromatic N) is 1. The molecule has 0 aliphatic carbocycles. The predicted octanol–water partition coefficient (Wildman–Crippen LogP) is 5.57. The molecule has 0 aromatic heterocycles. The molecule has 0 saturated carbocycles. The normalized spacial score (nSPS) is 14.8. The van der Waals surface area contributed by atoms with Crippen molar-refractivity contribution in [2.45, 2.75) is 6.54 Å². The van der Waals surface area contributed by atoms with E-state index in [1.165, 1.54) is 12.1 Å². The number of rotatable bonds is 3. The molecule has 128 valence electrons. The fourth-order valence-corrected chi connectivity index (χ4v) is 3.23. The van der Waals surface area contributed by atoms with Gasteiger partial charge in [0.15, 0.2) is 0 Å². The second kappa shape index (κ2) is 6.77. The fraction of sp³-hybridized carbons (Fsp3) is 0.0455. The van der Waals surface area contributed by atoms with E-state index < -0.39 is 0 Å². The van der Waals surface area contributed by atoms with E-state index in [0.717, 1.165) is 22.4 Å². The highest BCUT2D eigenvalue weighted by molar-refractivity contribution is 6.35. The monoisotopic (exact) mass is 363 g/mol. The first-order valence-corrected chi connectivity index (χ1v) is 8.62. The highest BCUT2D eigenvalue weighted by Gasteiger charge is 2.31. The molecule has 1 aliphatic rings. The van der Waals surface area contributed by atoms with Crippen LogP contribution in [0.5, 0.6) is 0 Å². The highest BCUT2D eigenvalue weighted by Crippen LogP contribution is 2.38. The lowest BCUT2D eigenvalue weighted by molar-refractivity contribution is -0.113. The quantitative estimate of drug-likeness (QED) is 0.557. The van der Waals surface area contributed by atoms with E-state index in [9.17, 15) is 9.18 Å². The van der Waals surface area contributed by atoms with Crippen molar-refractivity contribution < 1.29 is 9.18 Å². The topological polar surface area (TPSA) is 20.3 Å². The maximum atomic E-state index is 13.1. The minimum atomic E-state index is -0.287. The first-order valence-electron chi connectivity index (χ1n) is 8.25. The predicted molar refractivity (Wildman–Crippen MR) is 103 cm³/mol. The van der Waals surface area contributed by atoms with E-state index in [2.05, 4.69) is 0 Å². The number of benzene rings is 3. The molecule has 2 nitrogen and oxygen atoms in total. The van der Waals surface area contributed by atoms with Crippen LogP contribution < -0.4 is 4.90 Å². The van der Waals surface area contributed by atoms with Gasteiger partial charge in [-0.15, -0.1) is 0 Å². The number of amides is 1. The number of hydrogen-bond acceptors (Lipinski definition) is 1. The van der Waals surface area contributed by atoms with Crippen LogP contribution in [0.25, 0.3) is 11.6 Å². The van der Waals surface area contributed by atoms with Crippen LogP contribution in [0.15, 0.2) is 72.8 Å². The van der Waals surface area contributed by atoms with Gasteiger partial charge in [-0.3, -0.25) is 4.79 Å². The van der Waals surface area contributed by atoms with Crippen molar-refractivity contribution in [3.05, 3.63) is 100 Å². The lowest BCUT2D eigenvalue weighted by Crippen LogP contribution is -2.25. The Balaban J connectivity index is 1.72. The Bertz CT molecular complexity index is 993. The molecule has 4 rings (SSSR count). The highest BCUT2D eigenvalue weighted by atomic mass is 35.5. The number of anilines is 1. The molecule has 3 aromatic carbocycles. The first kappa shape index (κ1) is 16.6. The van der Waals surface area contributed by atoms with E-state index in [0.29, 0.717) is 17.1 Å². The molecule has 0 N–H and O–H groups in total. The molecule has 1 aliphatic heterocycles. The zero-order chi connectivity index (χ0) is 18.1. The molecule has 0 atom stereocenters. The summed E-state index contributed by atoms with van der Waals surface area (Å²) in [5.74, 6) is -0.351. The summed E-state index contributed by atoms with van der Waals surface area (Å²) < 4.78 is 13.1. The van der Waals surface area contributed by atoms with Crippen molar-refractivity contribution >= 4 is 34.8 Å². The molecular formula is C22H15ClFNO. The molecule has 1 heterocycles. The Labute approximate surface area is 156 Å². The van der Waals surface area contributed by atoms with Crippen molar-refractivity contribution in [2.75, 3.05) is 4.90 Å².